The molecule has 1 rings (SSSR count). The highest BCUT2D eigenvalue weighted by Crippen LogP contribution is 2.23. The molecule has 92 valence electrons. The zero-order chi connectivity index (χ0) is 12.5. The average Bonchev–Trinajstić information content (AvgIpc) is 2.37. The molecular weight excluding hydrogens is 224 g/mol. The first-order valence-corrected chi connectivity index (χ1v) is 8.34. The number of rotatable bonds is 8. The summed E-state index contributed by atoms with van der Waals surface area (Å²) >= 11 is 0. The van der Waals surface area contributed by atoms with Crippen LogP contribution in [-0.4, -0.2) is 9.04 Å². The molecule has 0 bridgehead atoms. The van der Waals surface area contributed by atoms with Crippen molar-refractivity contribution >= 4 is 9.04 Å². The van der Waals surface area contributed by atoms with E-state index in [1.165, 1.54) is 5.56 Å². The Bertz CT molecular complexity index is 324. The molecule has 0 aliphatic rings. The molecule has 1 unspecified atom stereocenters. The van der Waals surface area contributed by atoms with Crippen LogP contribution in [0.1, 0.15) is 25.0 Å². The molecule has 0 aliphatic heterocycles. The molecule has 0 heterocycles. The summed E-state index contributed by atoms with van der Waals surface area (Å²) in [6.45, 7) is 9.79. The molecule has 0 radical (unpaired) electrons. The number of hydrogen-bond donors (Lipinski definition) is 0. The molecule has 0 saturated heterocycles. The fourth-order valence-corrected chi connectivity index (χ4v) is 3.86. The fraction of sp³-hybridized carbons (Fsp3) is 0.333. The van der Waals surface area contributed by atoms with Crippen molar-refractivity contribution in [2.45, 2.75) is 31.5 Å². The highest BCUT2D eigenvalue weighted by atomic mass is 28.3. The van der Waals surface area contributed by atoms with Gasteiger partial charge >= 0.3 is 0 Å². The normalized spacial score (nSPS) is 12.4. The Morgan fingerprint density at radius 3 is 2.24 bits per heavy atom. The van der Waals surface area contributed by atoms with Crippen LogP contribution in [0.3, 0.4) is 0 Å². The van der Waals surface area contributed by atoms with Gasteiger partial charge in [0, 0.05) is 0 Å². The minimum absolute atomic E-state index is 0.229. The van der Waals surface area contributed by atoms with Gasteiger partial charge in [0.1, 0.15) is 0 Å². The van der Waals surface area contributed by atoms with Crippen LogP contribution in [0.4, 0.5) is 0 Å². The molecule has 1 atom stereocenters. The van der Waals surface area contributed by atoms with E-state index in [1.807, 2.05) is 18.2 Å². The van der Waals surface area contributed by atoms with Crippen LogP contribution in [0.25, 0.3) is 0 Å². The molecule has 2 heteroatoms. The molecule has 17 heavy (non-hydrogen) atoms. The molecule has 1 aromatic rings. The lowest BCUT2D eigenvalue weighted by Gasteiger charge is -2.22. The van der Waals surface area contributed by atoms with E-state index in [-0.39, 0.29) is 6.10 Å². The third-order valence-electron chi connectivity index (χ3n) is 2.76. The van der Waals surface area contributed by atoms with Crippen LogP contribution >= 0.6 is 0 Å². The number of benzene rings is 1. The van der Waals surface area contributed by atoms with Gasteiger partial charge in [-0.3, -0.25) is 0 Å². The van der Waals surface area contributed by atoms with E-state index in [0.29, 0.717) is 0 Å². The number of hydrogen-bond acceptors (Lipinski definition) is 1. The summed E-state index contributed by atoms with van der Waals surface area (Å²) < 4.78 is 6.26. The summed E-state index contributed by atoms with van der Waals surface area (Å²) in [5, 5.41) is 0. The quantitative estimate of drug-likeness (QED) is 0.492. The lowest BCUT2D eigenvalue weighted by atomic mass is 10.1. The molecule has 0 aromatic heterocycles. The van der Waals surface area contributed by atoms with E-state index in [0.717, 1.165) is 18.5 Å². The zero-order valence-electron chi connectivity index (χ0n) is 10.6. The Hall–Kier alpha value is -1.12. The lowest BCUT2D eigenvalue weighted by molar-refractivity contribution is 0.201. The van der Waals surface area contributed by atoms with Crippen molar-refractivity contribution in [1.29, 1.82) is 0 Å². The van der Waals surface area contributed by atoms with E-state index in [2.05, 4.69) is 44.3 Å². The van der Waals surface area contributed by atoms with Crippen LogP contribution < -0.4 is 0 Å². The van der Waals surface area contributed by atoms with E-state index >= 15 is 0 Å². The third kappa shape index (κ3) is 4.71. The van der Waals surface area contributed by atoms with Crippen LogP contribution in [-0.2, 0) is 4.43 Å². The summed E-state index contributed by atoms with van der Waals surface area (Å²) in [6.07, 6.45) is 5.19. The van der Waals surface area contributed by atoms with Gasteiger partial charge in [0.05, 0.1) is 6.10 Å². The van der Waals surface area contributed by atoms with Gasteiger partial charge in [-0.25, -0.2) is 0 Å². The first kappa shape index (κ1) is 13.9. The van der Waals surface area contributed by atoms with Crippen molar-refractivity contribution < 1.29 is 4.43 Å². The average molecular weight is 246 g/mol. The SMILES string of the molecule is C=CC[SiH](CC=C)OC(CC)c1ccccc1. The van der Waals surface area contributed by atoms with Crippen molar-refractivity contribution in [3.63, 3.8) is 0 Å². The van der Waals surface area contributed by atoms with Gasteiger partial charge in [0.2, 0.25) is 0 Å². The molecule has 0 spiro atoms. The Balaban J connectivity index is 2.67. The number of allylic oxidation sites excluding steroid dienone is 2. The smallest absolute Gasteiger partial charge is 0.185 e. The molecule has 0 N–H and O–H groups in total. The largest absolute Gasteiger partial charge is 0.413 e. The van der Waals surface area contributed by atoms with E-state index in [4.69, 9.17) is 4.43 Å². The maximum Gasteiger partial charge on any atom is 0.185 e. The Morgan fingerprint density at radius 2 is 1.76 bits per heavy atom. The van der Waals surface area contributed by atoms with Crippen molar-refractivity contribution in [2.24, 2.45) is 0 Å². The van der Waals surface area contributed by atoms with Crippen molar-refractivity contribution in [2.75, 3.05) is 0 Å². The second-order valence-electron chi connectivity index (χ2n) is 4.11. The molecule has 1 nitrogen and oxygen atoms in total. The highest BCUT2D eigenvalue weighted by Gasteiger charge is 2.16. The minimum atomic E-state index is -1.22. The van der Waals surface area contributed by atoms with Gasteiger partial charge in [-0.05, 0) is 24.1 Å². The zero-order valence-corrected chi connectivity index (χ0v) is 11.8. The van der Waals surface area contributed by atoms with Crippen molar-refractivity contribution in [3.05, 3.63) is 61.2 Å². The summed E-state index contributed by atoms with van der Waals surface area (Å²) in [5.41, 5.74) is 1.28. The molecule has 0 fully saturated rings. The topological polar surface area (TPSA) is 9.23 Å². The van der Waals surface area contributed by atoms with Gasteiger partial charge in [-0.15, -0.1) is 13.2 Å². The molecule has 0 amide bonds. The van der Waals surface area contributed by atoms with Gasteiger partial charge in [0.25, 0.3) is 0 Å². The van der Waals surface area contributed by atoms with Crippen molar-refractivity contribution in [1.82, 2.24) is 0 Å². The summed E-state index contributed by atoms with van der Waals surface area (Å²) in [7, 11) is -1.22. The van der Waals surface area contributed by atoms with E-state index in [9.17, 15) is 0 Å². The second kappa shape index (κ2) is 8.04. The fourth-order valence-electron chi connectivity index (χ4n) is 1.89. The molecule has 0 aliphatic carbocycles. The van der Waals surface area contributed by atoms with Gasteiger partial charge < -0.3 is 4.43 Å². The predicted octanol–water partition coefficient (Wildman–Crippen LogP) is 4.25. The van der Waals surface area contributed by atoms with E-state index in [1.54, 1.807) is 0 Å². The minimum Gasteiger partial charge on any atom is -0.413 e. The van der Waals surface area contributed by atoms with Crippen LogP contribution in [0.5, 0.6) is 0 Å². The predicted molar refractivity (Wildman–Crippen MR) is 77.7 cm³/mol. The highest BCUT2D eigenvalue weighted by molar-refractivity contribution is 6.53. The third-order valence-corrected chi connectivity index (χ3v) is 5.19. The lowest BCUT2D eigenvalue weighted by Crippen LogP contribution is -2.19. The monoisotopic (exact) mass is 246 g/mol. The molecule has 0 saturated carbocycles. The molecule has 1 aromatic carbocycles. The Labute approximate surface area is 107 Å². The van der Waals surface area contributed by atoms with Crippen molar-refractivity contribution in [3.8, 4) is 0 Å². The Morgan fingerprint density at radius 1 is 1.18 bits per heavy atom. The second-order valence-corrected chi connectivity index (χ2v) is 6.57. The summed E-state index contributed by atoms with van der Waals surface area (Å²) in [6, 6.07) is 12.5. The Kier molecular flexibility index (Phi) is 6.59. The van der Waals surface area contributed by atoms with Crippen LogP contribution in [0.2, 0.25) is 12.1 Å². The van der Waals surface area contributed by atoms with Crippen LogP contribution in [0.15, 0.2) is 55.6 Å². The summed E-state index contributed by atoms with van der Waals surface area (Å²) in [5.74, 6) is 0. The maximum absolute atomic E-state index is 6.26. The van der Waals surface area contributed by atoms with Gasteiger partial charge in [0.15, 0.2) is 9.04 Å². The van der Waals surface area contributed by atoms with Gasteiger partial charge in [-0.2, -0.15) is 0 Å². The first-order chi connectivity index (χ1) is 8.31. The van der Waals surface area contributed by atoms with Crippen LogP contribution in [0, 0.1) is 0 Å². The first-order valence-electron chi connectivity index (χ1n) is 6.24. The standard InChI is InChI=1S/C15H22OSi/c1-4-12-17(13-5-2)16-15(6-3)14-10-8-7-9-11-14/h4-5,7-11,15,17H,1-2,6,12-13H2,3H3. The maximum atomic E-state index is 6.26. The van der Waals surface area contributed by atoms with E-state index < -0.39 is 9.04 Å². The van der Waals surface area contributed by atoms with Gasteiger partial charge in [-0.1, -0.05) is 49.4 Å². The summed E-state index contributed by atoms with van der Waals surface area (Å²) in [4.78, 5) is 0. The molecular formula is C15H22OSi.